The maximum Gasteiger partial charge on any atom is 0.404 e. The first-order valence-corrected chi connectivity index (χ1v) is 7.55. The molecule has 0 atom stereocenters. The van der Waals surface area contributed by atoms with E-state index in [0.717, 1.165) is 24.6 Å². The van der Waals surface area contributed by atoms with Crippen LogP contribution in [0.2, 0.25) is 0 Å². The summed E-state index contributed by atoms with van der Waals surface area (Å²) < 4.78 is 4.93. The van der Waals surface area contributed by atoms with Crippen LogP contribution >= 0.6 is 15.9 Å². The Morgan fingerprint density at radius 3 is 2.44 bits per heavy atom. The highest BCUT2D eigenvalue weighted by molar-refractivity contribution is 9.09. The summed E-state index contributed by atoms with van der Waals surface area (Å²) in [7, 11) is 0. The number of primary amides is 1. The Balaban J connectivity index is 2.17. The van der Waals surface area contributed by atoms with E-state index in [4.69, 9.17) is 10.5 Å². The minimum atomic E-state index is -0.727. The van der Waals surface area contributed by atoms with Crippen LogP contribution in [0.1, 0.15) is 38.5 Å². The van der Waals surface area contributed by atoms with Crippen LogP contribution in [-0.4, -0.2) is 41.4 Å². The van der Waals surface area contributed by atoms with Crippen LogP contribution < -0.4 is 5.73 Å². The van der Waals surface area contributed by atoms with Gasteiger partial charge in [0.25, 0.3) is 0 Å². The molecule has 1 heterocycles. The van der Waals surface area contributed by atoms with E-state index in [1.807, 2.05) is 4.90 Å². The molecule has 2 N–H and O–H groups in total. The van der Waals surface area contributed by atoms with E-state index in [-0.39, 0.29) is 12.0 Å². The highest BCUT2D eigenvalue weighted by Gasteiger charge is 2.24. The van der Waals surface area contributed by atoms with Gasteiger partial charge in [0, 0.05) is 37.7 Å². The van der Waals surface area contributed by atoms with Crippen molar-refractivity contribution >= 4 is 27.9 Å². The Kier molecular flexibility index (Phi) is 7.08. The van der Waals surface area contributed by atoms with Crippen LogP contribution in [0.4, 0.5) is 4.79 Å². The van der Waals surface area contributed by atoms with Crippen LogP contribution in [0.3, 0.4) is 0 Å². The average molecular weight is 321 g/mol. The first kappa shape index (κ1) is 15.3. The number of amides is 2. The quantitative estimate of drug-likeness (QED) is 0.601. The van der Waals surface area contributed by atoms with Crippen LogP contribution in [0.5, 0.6) is 0 Å². The summed E-state index contributed by atoms with van der Waals surface area (Å²) in [5, 5.41) is 0.997. The molecule has 1 saturated heterocycles. The van der Waals surface area contributed by atoms with Gasteiger partial charge in [-0.25, -0.2) is 4.79 Å². The Morgan fingerprint density at radius 1 is 1.22 bits per heavy atom. The monoisotopic (exact) mass is 320 g/mol. The van der Waals surface area contributed by atoms with Crippen molar-refractivity contribution in [1.82, 2.24) is 4.90 Å². The van der Waals surface area contributed by atoms with Crippen molar-refractivity contribution < 1.29 is 14.3 Å². The summed E-state index contributed by atoms with van der Waals surface area (Å²) in [6.45, 7) is 1.32. The van der Waals surface area contributed by atoms with Gasteiger partial charge in [0.15, 0.2) is 0 Å². The van der Waals surface area contributed by atoms with E-state index >= 15 is 0 Å². The van der Waals surface area contributed by atoms with E-state index in [1.54, 1.807) is 0 Å². The van der Waals surface area contributed by atoms with E-state index < -0.39 is 6.09 Å². The van der Waals surface area contributed by atoms with Crippen molar-refractivity contribution in [2.75, 3.05) is 18.4 Å². The summed E-state index contributed by atoms with van der Waals surface area (Å²) in [6.07, 6.45) is 4.29. The van der Waals surface area contributed by atoms with Crippen molar-refractivity contribution in [3.8, 4) is 0 Å². The van der Waals surface area contributed by atoms with Gasteiger partial charge in [0.2, 0.25) is 5.91 Å². The van der Waals surface area contributed by atoms with Gasteiger partial charge in [0.1, 0.15) is 6.10 Å². The number of carbonyl (C=O) groups is 2. The molecule has 5 nitrogen and oxygen atoms in total. The lowest BCUT2D eigenvalue weighted by Gasteiger charge is -2.31. The largest absolute Gasteiger partial charge is 0.446 e. The van der Waals surface area contributed by atoms with Gasteiger partial charge in [-0.2, -0.15) is 0 Å². The summed E-state index contributed by atoms with van der Waals surface area (Å²) in [4.78, 5) is 24.3. The fourth-order valence-electron chi connectivity index (χ4n) is 2.09. The highest BCUT2D eigenvalue weighted by atomic mass is 79.9. The second-order valence-corrected chi connectivity index (χ2v) is 5.31. The summed E-state index contributed by atoms with van der Waals surface area (Å²) >= 11 is 3.37. The number of piperidine rings is 1. The Hall–Kier alpha value is -0.780. The number of hydrogen-bond acceptors (Lipinski definition) is 3. The maximum absolute atomic E-state index is 11.9. The lowest BCUT2D eigenvalue weighted by Crippen LogP contribution is -2.41. The van der Waals surface area contributed by atoms with Crippen molar-refractivity contribution in [2.24, 2.45) is 5.73 Å². The zero-order valence-corrected chi connectivity index (χ0v) is 12.2. The molecule has 1 rings (SSSR count). The minimum absolute atomic E-state index is 0.125. The first-order valence-electron chi connectivity index (χ1n) is 6.43. The molecule has 0 saturated carbocycles. The van der Waals surface area contributed by atoms with Gasteiger partial charge < -0.3 is 15.4 Å². The first-order chi connectivity index (χ1) is 8.63. The van der Waals surface area contributed by atoms with Gasteiger partial charge >= 0.3 is 6.09 Å². The maximum atomic E-state index is 11.9. The predicted molar refractivity (Wildman–Crippen MR) is 72.5 cm³/mol. The number of carbonyl (C=O) groups excluding carboxylic acids is 2. The molecule has 1 aliphatic heterocycles. The number of rotatable bonds is 6. The van der Waals surface area contributed by atoms with Crippen molar-refractivity contribution in [3.63, 3.8) is 0 Å². The molecule has 0 radical (unpaired) electrons. The molecule has 1 fully saturated rings. The van der Waals surface area contributed by atoms with Crippen molar-refractivity contribution in [3.05, 3.63) is 0 Å². The minimum Gasteiger partial charge on any atom is -0.446 e. The molecule has 0 aliphatic carbocycles. The lowest BCUT2D eigenvalue weighted by molar-refractivity contribution is -0.133. The SMILES string of the molecule is NC(=O)OC1CCN(C(=O)CCCCCBr)CC1. The molecule has 0 aromatic carbocycles. The molecule has 0 aromatic rings. The van der Waals surface area contributed by atoms with Crippen molar-refractivity contribution in [1.29, 1.82) is 0 Å². The Morgan fingerprint density at radius 2 is 1.89 bits per heavy atom. The molecule has 0 unspecified atom stereocenters. The third-order valence-corrected chi connectivity index (χ3v) is 3.66. The van der Waals surface area contributed by atoms with Gasteiger partial charge in [0.05, 0.1) is 0 Å². The zero-order chi connectivity index (χ0) is 13.4. The Labute approximate surface area is 116 Å². The van der Waals surface area contributed by atoms with Gasteiger partial charge in [-0.15, -0.1) is 0 Å². The molecule has 104 valence electrons. The molecule has 1 aliphatic rings. The highest BCUT2D eigenvalue weighted by Crippen LogP contribution is 2.15. The van der Waals surface area contributed by atoms with Crippen LogP contribution in [0.25, 0.3) is 0 Å². The smallest absolute Gasteiger partial charge is 0.404 e. The van der Waals surface area contributed by atoms with Crippen molar-refractivity contribution in [2.45, 2.75) is 44.6 Å². The lowest BCUT2D eigenvalue weighted by atomic mass is 10.1. The molecular formula is C12H21BrN2O3. The van der Waals surface area contributed by atoms with E-state index in [0.29, 0.717) is 32.4 Å². The summed E-state index contributed by atoms with van der Waals surface area (Å²) in [6, 6.07) is 0. The predicted octanol–water partition coefficient (Wildman–Crippen LogP) is 2.03. The molecule has 18 heavy (non-hydrogen) atoms. The number of likely N-dealkylation sites (tertiary alicyclic amines) is 1. The van der Waals surface area contributed by atoms with E-state index in [9.17, 15) is 9.59 Å². The van der Waals surface area contributed by atoms with Gasteiger partial charge in [-0.1, -0.05) is 22.4 Å². The average Bonchev–Trinajstić information content (AvgIpc) is 2.34. The van der Waals surface area contributed by atoms with Gasteiger partial charge in [-0.05, 0) is 12.8 Å². The van der Waals surface area contributed by atoms with Crippen LogP contribution in [0, 0.1) is 0 Å². The fraction of sp³-hybridized carbons (Fsp3) is 0.833. The van der Waals surface area contributed by atoms with E-state index in [1.165, 1.54) is 0 Å². The molecule has 6 heteroatoms. The second-order valence-electron chi connectivity index (χ2n) is 4.52. The molecule has 0 bridgehead atoms. The third kappa shape index (κ3) is 5.71. The summed E-state index contributed by atoms with van der Waals surface area (Å²) in [5.74, 6) is 0.210. The number of nitrogens with two attached hydrogens (primary N) is 1. The number of unbranched alkanes of at least 4 members (excludes halogenated alkanes) is 2. The number of alkyl halides is 1. The zero-order valence-electron chi connectivity index (χ0n) is 10.6. The van der Waals surface area contributed by atoms with Crippen LogP contribution in [0.15, 0.2) is 0 Å². The molecule has 0 aromatic heterocycles. The third-order valence-electron chi connectivity index (χ3n) is 3.10. The number of ether oxygens (including phenoxy) is 1. The van der Waals surface area contributed by atoms with Gasteiger partial charge in [-0.3, -0.25) is 4.79 Å². The normalized spacial score (nSPS) is 16.6. The number of nitrogens with zero attached hydrogens (tertiary/aromatic N) is 1. The topological polar surface area (TPSA) is 72.6 Å². The number of halogens is 1. The molecule has 0 spiro atoms. The summed E-state index contributed by atoms with van der Waals surface area (Å²) in [5.41, 5.74) is 4.97. The second kappa shape index (κ2) is 8.34. The van der Waals surface area contributed by atoms with Crippen LogP contribution in [-0.2, 0) is 9.53 Å². The van der Waals surface area contributed by atoms with E-state index in [2.05, 4.69) is 15.9 Å². The fourth-order valence-corrected chi connectivity index (χ4v) is 2.49. The number of hydrogen-bond donors (Lipinski definition) is 1. The Bertz CT molecular complexity index is 278. The molecule has 2 amide bonds. The molecular weight excluding hydrogens is 300 g/mol. The standard InChI is InChI=1S/C12H21BrN2O3/c13-7-3-1-2-4-11(16)15-8-5-10(6-9-15)18-12(14)17/h10H,1-9H2,(H2,14,17).